The minimum Gasteiger partial charge on any atom is -0.497 e. The van der Waals surface area contributed by atoms with Crippen molar-refractivity contribution < 1.29 is 4.74 Å². The second kappa shape index (κ2) is 6.42. The van der Waals surface area contributed by atoms with E-state index < -0.39 is 0 Å². The van der Waals surface area contributed by atoms with Crippen molar-refractivity contribution in [2.24, 2.45) is 0 Å². The van der Waals surface area contributed by atoms with Crippen LogP contribution < -0.4 is 10.5 Å². The van der Waals surface area contributed by atoms with Crippen LogP contribution in [0.5, 0.6) is 5.75 Å². The Balaban J connectivity index is 0.00000176. The van der Waals surface area contributed by atoms with Crippen LogP contribution in [0, 0.1) is 13.8 Å². The molecule has 0 fully saturated rings. The summed E-state index contributed by atoms with van der Waals surface area (Å²) in [5, 5.41) is 2.59. The summed E-state index contributed by atoms with van der Waals surface area (Å²) in [7, 11) is 1.67. The van der Waals surface area contributed by atoms with Gasteiger partial charge in [-0.2, -0.15) is 0 Å². The Morgan fingerprint density at radius 1 is 1.18 bits per heavy atom. The minimum atomic E-state index is 0. The number of nitrogen functional groups attached to an aromatic ring is 1. The lowest BCUT2D eigenvalue weighted by atomic mass is 10.2. The maximum absolute atomic E-state index is 5.74. The zero-order valence-electron chi connectivity index (χ0n) is 12.7. The number of halogens is 1. The first-order valence-corrected chi connectivity index (χ1v) is 7.53. The molecular formula is C16H18ClN3OS. The van der Waals surface area contributed by atoms with E-state index in [0.29, 0.717) is 5.13 Å². The van der Waals surface area contributed by atoms with E-state index in [1.807, 2.05) is 17.5 Å². The number of nitrogens with zero attached hydrogens (tertiary/aromatic N) is 2. The maximum atomic E-state index is 5.74. The number of hydrogen-bond donors (Lipinski definition) is 1. The largest absolute Gasteiger partial charge is 0.497 e. The van der Waals surface area contributed by atoms with Gasteiger partial charge in [0, 0.05) is 28.0 Å². The van der Waals surface area contributed by atoms with Crippen molar-refractivity contribution in [2.75, 3.05) is 12.8 Å². The maximum Gasteiger partial charge on any atom is 0.180 e. The van der Waals surface area contributed by atoms with E-state index >= 15 is 0 Å². The van der Waals surface area contributed by atoms with E-state index in [1.54, 1.807) is 7.11 Å². The number of benzene rings is 1. The molecule has 3 aromatic rings. The number of rotatable bonds is 3. The summed E-state index contributed by atoms with van der Waals surface area (Å²) in [4.78, 5) is 4.38. The van der Waals surface area contributed by atoms with Crippen LogP contribution in [0.1, 0.15) is 11.4 Å². The van der Waals surface area contributed by atoms with Crippen molar-refractivity contribution in [1.82, 2.24) is 9.55 Å². The van der Waals surface area contributed by atoms with Crippen molar-refractivity contribution >= 4 is 28.9 Å². The average Bonchev–Trinajstić information content (AvgIpc) is 3.03. The zero-order chi connectivity index (χ0) is 15.0. The van der Waals surface area contributed by atoms with E-state index in [4.69, 9.17) is 10.5 Å². The predicted molar refractivity (Wildman–Crippen MR) is 94.6 cm³/mol. The molecule has 0 unspecified atom stereocenters. The molecule has 2 N–H and O–H groups in total. The van der Waals surface area contributed by atoms with E-state index in [-0.39, 0.29) is 12.4 Å². The van der Waals surface area contributed by atoms with Gasteiger partial charge in [0.2, 0.25) is 0 Å². The highest BCUT2D eigenvalue weighted by Gasteiger charge is 2.14. The third-order valence-corrected chi connectivity index (χ3v) is 4.23. The fourth-order valence-electron chi connectivity index (χ4n) is 2.56. The van der Waals surface area contributed by atoms with Crippen LogP contribution in [0.25, 0.3) is 16.9 Å². The molecule has 2 aromatic heterocycles. The van der Waals surface area contributed by atoms with Gasteiger partial charge >= 0.3 is 0 Å². The van der Waals surface area contributed by atoms with Crippen molar-refractivity contribution in [3.05, 3.63) is 47.1 Å². The molecule has 0 amide bonds. The molecule has 0 radical (unpaired) electrons. The second-order valence-corrected chi connectivity index (χ2v) is 5.78. The Morgan fingerprint density at radius 2 is 1.86 bits per heavy atom. The van der Waals surface area contributed by atoms with Gasteiger partial charge in [-0.05, 0) is 44.2 Å². The summed E-state index contributed by atoms with van der Waals surface area (Å²) in [5.41, 5.74) is 11.2. The lowest BCUT2D eigenvalue weighted by molar-refractivity contribution is 0.414. The monoisotopic (exact) mass is 335 g/mol. The fraction of sp³-hybridized carbons (Fsp3) is 0.188. The minimum absolute atomic E-state index is 0. The molecule has 3 rings (SSSR count). The number of anilines is 1. The summed E-state index contributed by atoms with van der Waals surface area (Å²) in [6.07, 6.45) is 0. The molecular weight excluding hydrogens is 318 g/mol. The molecule has 6 heteroatoms. The number of aryl methyl sites for hydroxylation is 1. The van der Waals surface area contributed by atoms with E-state index in [0.717, 1.165) is 28.4 Å². The van der Waals surface area contributed by atoms with E-state index in [2.05, 4.69) is 41.6 Å². The van der Waals surface area contributed by atoms with Gasteiger partial charge in [-0.1, -0.05) is 0 Å². The van der Waals surface area contributed by atoms with Crippen LogP contribution in [-0.4, -0.2) is 16.7 Å². The predicted octanol–water partition coefficient (Wildman–Crippen LogP) is 4.23. The van der Waals surface area contributed by atoms with Crippen LogP contribution in [0.4, 0.5) is 5.13 Å². The number of aromatic nitrogens is 2. The van der Waals surface area contributed by atoms with Crippen LogP contribution in [-0.2, 0) is 0 Å². The number of ether oxygens (including phenoxy) is 1. The first-order valence-electron chi connectivity index (χ1n) is 6.65. The molecule has 116 valence electrons. The molecule has 0 aliphatic carbocycles. The van der Waals surface area contributed by atoms with Crippen molar-refractivity contribution in [2.45, 2.75) is 13.8 Å². The van der Waals surface area contributed by atoms with Gasteiger partial charge < -0.3 is 15.0 Å². The van der Waals surface area contributed by atoms with Gasteiger partial charge in [0.1, 0.15) is 5.75 Å². The SMILES string of the molecule is COc1ccc(-n2c(C)cc(-c3csc(N)n3)c2C)cc1.Cl. The van der Waals surface area contributed by atoms with Crippen molar-refractivity contribution in [3.8, 4) is 22.7 Å². The third kappa shape index (κ3) is 2.82. The Kier molecular flexibility index (Phi) is 4.78. The Bertz CT molecular complexity index is 777. The van der Waals surface area contributed by atoms with E-state index in [9.17, 15) is 0 Å². The molecule has 22 heavy (non-hydrogen) atoms. The summed E-state index contributed by atoms with van der Waals surface area (Å²) in [6.45, 7) is 4.19. The lowest BCUT2D eigenvalue weighted by Crippen LogP contribution is -1.99. The van der Waals surface area contributed by atoms with Gasteiger partial charge in [-0.25, -0.2) is 4.98 Å². The van der Waals surface area contributed by atoms with Gasteiger partial charge in [0.25, 0.3) is 0 Å². The molecule has 0 saturated heterocycles. The molecule has 2 heterocycles. The first-order chi connectivity index (χ1) is 10.1. The molecule has 0 saturated carbocycles. The van der Waals surface area contributed by atoms with Crippen molar-refractivity contribution in [3.63, 3.8) is 0 Å². The third-order valence-electron chi connectivity index (χ3n) is 3.56. The number of nitrogens with two attached hydrogens (primary N) is 1. The van der Waals surface area contributed by atoms with Gasteiger partial charge in [0.05, 0.1) is 12.8 Å². The van der Waals surface area contributed by atoms with Crippen molar-refractivity contribution in [1.29, 1.82) is 0 Å². The standard InChI is InChI=1S/C16H17N3OS.ClH/c1-10-8-14(15-9-21-16(17)18-15)11(2)19(10)12-4-6-13(20-3)7-5-12;/h4-9H,1-3H3,(H2,17,18);1H. The van der Waals surface area contributed by atoms with E-state index in [1.165, 1.54) is 17.0 Å². The summed E-state index contributed by atoms with van der Waals surface area (Å²) in [5.74, 6) is 0.855. The van der Waals surface area contributed by atoms with Crippen LogP contribution in [0.2, 0.25) is 0 Å². The molecule has 4 nitrogen and oxygen atoms in total. The molecule has 0 atom stereocenters. The number of hydrogen-bond acceptors (Lipinski definition) is 4. The summed E-state index contributed by atoms with van der Waals surface area (Å²) in [6, 6.07) is 10.2. The Hall–Kier alpha value is -1.98. The Labute approximate surface area is 140 Å². The highest BCUT2D eigenvalue weighted by molar-refractivity contribution is 7.13. The van der Waals surface area contributed by atoms with Crippen LogP contribution >= 0.6 is 23.7 Å². The molecule has 1 aromatic carbocycles. The summed E-state index contributed by atoms with van der Waals surface area (Å²) < 4.78 is 7.42. The van der Waals surface area contributed by atoms with Crippen LogP contribution in [0.15, 0.2) is 35.7 Å². The van der Waals surface area contributed by atoms with Gasteiger partial charge in [-0.3, -0.25) is 0 Å². The second-order valence-electron chi connectivity index (χ2n) is 4.89. The quantitative estimate of drug-likeness (QED) is 0.779. The highest BCUT2D eigenvalue weighted by Crippen LogP contribution is 2.31. The Morgan fingerprint density at radius 3 is 2.41 bits per heavy atom. The zero-order valence-corrected chi connectivity index (χ0v) is 14.3. The van der Waals surface area contributed by atoms with Gasteiger partial charge in [0.15, 0.2) is 5.13 Å². The topological polar surface area (TPSA) is 53.1 Å². The number of methoxy groups -OCH3 is 1. The molecule has 0 bridgehead atoms. The first kappa shape index (κ1) is 16.4. The average molecular weight is 336 g/mol. The molecule has 0 spiro atoms. The molecule has 0 aliphatic rings. The lowest BCUT2D eigenvalue weighted by Gasteiger charge is -2.10. The fourth-order valence-corrected chi connectivity index (χ4v) is 3.13. The van der Waals surface area contributed by atoms with Gasteiger partial charge in [-0.15, -0.1) is 23.7 Å². The highest BCUT2D eigenvalue weighted by atomic mass is 35.5. The number of thiazole rings is 1. The molecule has 0 aliphatic heterocycles. The smallest absolute Gasteiger partial charge is 0.180 e. The normalized spacial score (nSPS) is 10.3. The van der Waals surface area contributed by atoms with Crippen LogP contribution in [0.3, 0.4) is 0 Å². The summed E-state index contributed by atoms with van der Waals surface area (Å²) >= 11 is 1.46.